The molecule has 0 saturated heterocycles. The zero-order valence-corrected chi connectivity index (χ0v) is 12.1. The first-order valence-electron chi connectivity index (χ1n) is 6.59. The largest absolute Gasteiger partial charge is 0.454 e. The number of allylic oxidation sites excluding steroid dienone is 4. The summed E-state index contributed by atoms with van der Waals surface area (Å²) in [6.45, 7) is 6.93. The minimum absolute atomic E-state index is 0.358. The van der Waals surface area contributed by atoms with Gasteiger partial charge in [-0.2, -0.15) is 0 Å². The maximum absolute atomic E-state index is 10.7. The van der Waals surface area contributed by atoms with Crippen molar-refractivity contribution in [3.63, 3.8) is 0 Å². The van der Waals surface area contributed by atoms with Crippen LogP contribution in [0.3, 0.4) is 0 Å². The van der Waals surface area contributed by atoms with Gasteiger partial charge < -0.3 is 9.84 Å². The Morgan fingerprint density at radius 2 is 2.00 bits per heavy atom. The minimum Gasteiger partial charge on any atom is -0.454 e. The Morgan fingerprint density at radius 3 is 2.60 bits per heavy atom. The van der Waals surface area contributed by atoms with E-state index in [1.165, 1.54) is 13.0 Å². The molecule has 0 aliphatic heterocycles. The van der Waals surface area contributed by atoms with E-state index in [-0.39, 0.29) is 5.97 Å². The average Bonchev–Trinajstić information content (AvgIpc) is 2.40. The second kappa shape index (κ2) is 12.0. The lowest BCUT2D eigenvalue weighted by atomic mass is 10.2. The number of carbonyl (C=O) groups is 1. The van der Waals surface area contributed by atoms with Gasteiger partial charge in [-0.05, 0) is 30.7 Å². The number of aliphatic hydroxyl groups excluding tert-OH is 1. The van der Waals surface area contributed by atoms with Crippen molar-refractivity contribution in [1.29, 1.82) is 0 Å². The summed E-state index contributed by atoms with van der Waals surface area (Å²) in [6, 6.07) is 0. The van der Waals surface area contributed by atoms with Crippen molar-refractivity contribution < 1.29 is 14.6 Å². The summed E-state index contributed by atoms with van der Waals surface area (Å²) in [4.78, 5) is 10.7. The molecule has 0 amide bonds. The lowest BCUT2D eigenvalue weighted by Crippen LogP contribution is -2.09. The van der Waals surface area contributed by atoms with Crippen LogP contribution in [0.25, 0.3) is 0 Å². The summed E-state index contributed by atoms with van der Waals surface area (Å²) in [7, 11) is 0. The summed E-state index contributed by atoms with van der Waals surface area (Å²) in [6.07, 6.45) is 12.6. The molecule has 0 aliphatic rings. The molecule has 0 spiro atoms. The highest BCUT2D eigenvalue weighted by Gasteiger charge is 2.00. The summed E-state index contributed by atoms with van der Waals surface area (Å²) < 4.78 is 4.93. The molecule has 0 aromatic heterocycles. The number of hydrogen-bond acceptors (Lipinski definition) is 3. The van der Waals surface area contributed by atoms with Crippen LogP contribution >= 0.6 is 0 Å². The molecule has 3 nitrogen and oxygen atoms in total. The van der Waals surface area contributed by atoms with Crippen molar-refractivity contribution >= 4 is 5.97 Å². The third-order valence-corrected chi connectivity index (χ3v) is 2.20. The number of rotatable bonds is 7. The fourth-order valence-corrected chi connectivity index (χ4v) is 1.28. The maximum atomic E-state index is 10.7. The van der Waals surface area contributed by atoms with Crippen LogP contribution in [0.5, 0.6) is 0 Å². The number of carbonyl (C=O) groups excluding carboxylic acids is 1. The van der Waals surface area contributed by atoms with E-state index in [1.807, 2.05) is 6.92 Å². The second-order valence-corrected chi connectivity index (χ2v) is 4.06. The Morgan fingerprint density at radius 1 is 1.30 bits per heavy atom. The van der Waals surface area contributed by atoms with E-state index in [0.717, 1.165) is 12.8 Å². The first kappa shape index (κ1) is 17.9. The van der Waals surface area contributed by atoms with Crippen LogP contribution in [0.2, 0.25) is 0 Å². The highest BCUT2D eigenvalue weighted by molar-refractivity contribution is 5.66. The minimum atomic E-state index is -0.449. The Bertz CT molecular complexity index is 433. The van der Waals surface area contributed by atoms with Gasteiger partial charge >= 0.3 is 5.97 Å². The fourth-order valence-electron chi connectivity index (χ4n) is 1.28. The Hall–Kier alpha value is -2.05. The molecule has 2 atom stereocenters. The van der Waals surface area contributed by atoms with Crippen LogP contribution in [0.1, 0.15) is 26.7 Å². The lowest BCUT2D eigenvalue weighted by molar-refractivity contribution is -0.142. The van der Waals surface area contributed by atoms with Gasteiger partial charge in [-0.1, -0.05) is 50.0 Å². The van der Waals surface area contributed by atoms with Gasteiger partial charge in [-0.3, -0.25) is 4.79 Å². The van der Waals surface area contributed by atoms with Crippen molar-refractivity contribution in [1.82, 2.24) is 0 Å². The zero-order valence-electron chi connectivity index (χ0n) is 12.1. The van der Waals surface area contributed by atoms with Crippen LogP contribution in [-0.2, 0) is 9.53 Å². The first-order chi connectivity index (χ1) is 9.60. The topological polar surface area (TPSA) is 46.5 Å². The highest BCUT2D eigenvalue weighted by atomic mass is 16.5. The third kappa shape index (κ3) is 11.1. The van der Waals surface area contributed by atoms with E-state index >= 15 is 0 Å². The monoisotopic (exact) mass is 274 g/mol. The van der Waals surface area contributed by atoms with Crippen molar-refractivity contribution in [2.75, 3.05) is 0 Å². The SMILES string of the molecule is C=CC(C=CC#CC=CC=CC(O)CCC)OC(C)=O. The maximum Gasteiger partial charge on any atom is 0.303 e. The molecule has 1 N–H and O–H groups in total. The number of esters is 1. The van der Waals surface area contributed by atoms with Crippen molar-refractivity contribution in [2.45, 2.75) is 38.9 Å². The van der Waals surface area contributed by atoms with E-state index in [2.05, 4.69) is 18.4 Å². The van der Waals surface area contributed by atoms with Gasteiger partial charge in [-0.15, -0.1) is 0 Å². The Labute approximate surface area is 121 Å². The van der Waals surface area contributed by atoms with Crippen molar-refractivity contribution in [3.8, 4) is 11.8 Å². The molecule has 0 heterocycles. The molecule has 0 radical (unpaired) electrons. The number of hydrogen-bond donors (Lipinski definition) is 1. The van der Waals surface area contributed by atoms with E-state index in [9.17, 15) is 9.90 Å². The molecule has 0 bridgehead atoms. The van der Waals surface area contributed by atoms with Crippen molar-refractivity contribution in [3.05, 3.63) is 49.1 Å². The molecule has 2 unspecified atom stereocenters. The van der Waals surface area contributed by atoms with Crippen LogP contribution in [0.15, 0.2) is 49.1 Å². The van der Waals surface area contributed by atoms with E-state index in [1.54, 1.807) is 36.5 Å². The molecule has 0 saturated carbocycles. The Balaban J connectivity index is 4.14. The standard InChI is InChI=1S/C17H22O3/c1-4-12-16(19)13-10-8-6-7-9-11-14-17(5-2)20-15(3)18/h5-6,8,10-11,13-14,16-17,19H,2,4,12H2,1,3H3. The van der Waals surface area contributed by atoms with E-state index < -0.39 is 12.2 Å². The van der Waals surface area contributed by atoms with Gasteiger partial charge in [0.15, 0.2) is 0 Å². The third-order valence-electron chi connectivity index (χ3n) is 2.20. The molecule has 0 fully saturated rings. The summed E-state index contributed by atoms with van der Waals surface area (Å²) in [5.41, 5.74) is 0. The normalized spacial score (nSPS) is 14.2. The smallest absolute Gasteiger partial charge is 0.303 e. The summed E-state index contributed by atoms with van der Waals surface area (Å²) >= 11 is 0. The second-order valence-electron chi connectivity index (χ2n) is 4.06. The zero-order chi connectivity index (χ0) is 15.2. The van der Waals surface area contributed by atoms with Crippen LogP contribution < -0.4 is 0 Å². The molecule has 3 heteroatoms. The van der Waals surface area contributed by atoms with Crippen molar-refractivity contribution in [2.24, 2.45) is 0 Å². The van der Waals surface area contributed by atoms with E-state index in [0.29, 0.717) is 0 Å². The predicted molar refractivity (Wildman–Crippen MR) is 81.9 cm³/mol. The van der Waals surface area contributed by atoms with Gasteiger partial charge in [0.05, 0.1) is 6.10 Å². The molecule has 0 aromatic carbocycles. The number of aliphatic hydroxyl groups is 1. The van der Waals surface area contributed by atoms with E-state index in [4.69, 9.17) is 4.74 Å². The average molecular weight is 274 g/mol. The molecular weight excluding hydrogens is 252 g/mol. The highest BCUT2D eigenvalue weighted by Crippen LogP contribution is 1.97. The van der Waals surface area contributed by atoms with Gasteiger partial charge in [0.25, 0.3) is 0 Å². The molecular formula is C17H22O3. The van der Waals surface area contributed by atoms with Gasteiger partial charge in [0.1, 0.15) is 6.10 Å². The molecule has 0 rings (SSSR count). The lowest BCUT2D eigenvalue weighted by Gasteiger charge is -2.05. The molecule has 0 aromatic rings. The van der Waals surface area contributed by atoms with Crippen LogP contribution in [0.4, 0.5) is 0 Å². The van der Waals surface area contributed by atoms with Crippen LogP contribution in [-0.4, -0.2) is 23.3 Å². The van der Waals surface area contributed by atoms with Crippen LogP contribution in [0, 0.1) is 11.8 Å². The molecule has 0 aliphatic carbocycles. The fraction of sp³-hybridized carbons (Fsp3) is 0.353. The molecule has 108 valence electrons. The Kier molecular flexibility index (Phi) is 10.8. The van der Waals surface area contributed by atoms with Gasteiger partial charge in [-0.25, -0.2) is 0 Å². The number of ether oxygens (including phenoxy) is 1. The van der Waals surface area contributed by atoms with Gasteiger partial charge in [0, 0.05) is 6.92 Å². The quantitative estimate of drug-likeness (QED) is 0.336. The predicted octanol–water partition coefficient (Wildman–Crippen LogP) is 2.94. The summed E-state index contributed by atoms with van der Waals surface area (Å²) in [5, 5.41) is 9.43. The summed E-state index contributed by atoms with van der Waals surface area (Å²) in [5.74, 6) is 5.22. The van der Waals surface area contributed by atoms with Gasteiger partial charge in [0.2, 0.25) is 0 Å². The first-order valence-corrected chi connectivity index (χ1v) is 6.59. The molecule has 20 heavy (non-hydrogen) atoms.